The maximum absolute atomic E-state index is 17.1. The molecule has 242 valence electrons. The van der Waals surface area contributed by atoms with Gasteiger partial charge in [-0.2, -0.15) is 9.97 Å². The Bertz CT molecular complexity index is 1920. The first-order valence-corrected chi connectivity index (χ1v) is 16.5. The fourth-order valence-electron chi connectivity index (χ4n) is 8.17. The summed E-state index contributed by atoms with van der Waals surface area (Å²) in [6.45, 7) is 5.28. The number of benzene rings is 1. The molecule has 4 aliphatic heterocycles. The number of nitrogens with one attached hydrogen (secondary N) is 1. The molecule has 3 fully saturated rings. The number of pyridine rings is 1. The van der Waals surface area contributed by atoms with Crippen molar-refractivity contribution in [2.75, 3.05) is 57.0 Å². The summed E-state index contributed by atoms with van der Waals surface area (Å²) in [5, 5.41) is 4.17. The van der Waals surface area contributed by atoms with Crippen molar-refractivity contribution in [2.45, 2.75) is 50.4 Å². The number of hydrogen-bond acceptors (Lipinski definition) is 10. The van der Waals surface area contributed by atoms with Crippen LogP contribution in [0.15, 0.2) is 11.2 Å². The monoisotopic (exact) mass is 654 g/mol. The van der Waals surface area contributed by atoms with E-state index in [0.717, 1.165) is 36.9 Å². The average Bonchev–Trinajstić information content (AvgIpc) is 3.66. The van der Waals surface area contributed by atoms with Gasteiger partial charge in [-0.15, -0.1) is 11.3 Å². The zero-order valence-corrected chi connectivity index (χ0v) is 26.4. The summed E-state index contributed by atoms with van der Waals surface area (Å²) in [6.07, 6.45) is 3.86. The summed E-state index contributed by atoms with van der Waals surface area (Å²) in [5.41, 5.74) is 5.81. The van der Waals surface area contributed by atoms with Crippen LogP contribution in [0.25, 0.3) is 32.2 Å². The van der Waals surface area contributed by atoms with Crippen molar-refractivity contribution in [3.63, 3.8) is 0 Å². The minimum absolute atomic E-state index is 0.0333. The van der Waals surface area contributed by atoms with Crippen molar-refractivity contribution >= 4 is 49.4 Å². The normalized spacial score (nSPS) is 26.3. The summed E-state index contributed by atoms with van der Waals surface area (Å²) in [5.74, 6) is -1.99. The number of rotatable bonds is 5. The Morgan fingerprint density at radius 1 is 1.22 bits per heavy atom. The molecule has 3 saturated heterocycles. The van der Waals surface area contributed by atoms with Crippen LogP contribution < -0.4 is 20.7 Å². The quantitative estimate of drug-likeness (QED) is 0.232. The van der Waals surface area contributed by atoms with Crippen molar-refractivity contribution in [1.82, 2.24) is 25.2 Å². The first-order chi connectivity index (χ1) is 22.2. The number of alkyl halides is 1. The minimum Gasteiger partial charge on any atom is -0.461 e. The Labute approximate surface area is 266 Å². The number of nitrogens with zero attached hydrogens (tertiary/aromatic N) is 6. The first-order valence-electron chi connectivity index (χ1n) is 15.7. The van der Waals surface area contributed by atoms with Crippen LogP contribution in [-0.2, 0) is 6.42 Å². The molecule has 1 aromatic carbocycles. The van der Waals surface area contributed by atoms with Gasteiger partial charge in [0.25, 0.3) is 0 Å². The molecule has 0 spiro atoms. The second-order valence-electron chi connectivity index (χ2n) is 13.0. The molecule has 1 unspecified atom stereocenters. The predicted octanol–water partition coefficient (Wildman–Crippen LogP) is 4.88. The molecule has 14 heteroatoms. The van der Waals surface area contributed by atoms with Gasteiger partial charge in [0.05, 0.1) is 38.1 Å². The number of hydrogen-bond donors (Lipinski definition) is 2. The van der Waals surface area contributed by atoms with E-state index in [1.807, 2.05) is 6.92 Å². The zero-order valence-electron chi connectivity index (χ0n) is 25.5. The lowest BCUT2D eigenvalue weighted by Crippen LogP contribution is -2.54. The molecule has 0 saturated carbocycles. The van der Waals surface area contributed by atoms with E-state index in [2.05, 4.69) is 30.1 Å². The summed E-state index contributed by atoms with van der Waals surface area (Å²) in [4.78, 5) is 21.9. The minimum atomic E-state index is -0.944. The number of anilines is 2. The molecule has 9 nitrogen and oxygen atoms in total. The van der Waals surface area contributed by atoms with Crippen LogP contribution in [-0.4, -0.2) is 90.2 Å². The van der Waals surface area contributed by atoms with E-state index in [0.29, 0.717) is 55.8 Å². The molecule has 4 aliphatic rings. The van der Waals surface area contributed by atoms with Crippen molar-refractivity contribution in [3.8, 4) is 17.3 Å². The second kappa shape index (κ2) is 11.0. The number of aliphatic imine (C=N–C) groups is 1. The van der Waals surface area contributed by atoms with Crippen LogP contribution in [0.1, 0.15) is 37.3 Å². The Balaban J connectivity index is 1.36. The molecule has 46 heavy (non-hydrogen) atoms. The summed E-state index contributed by atoms with van der Waals surface area (Å²) in [7, 11) is 1.54. The van der Waals surface area contributed by atoms with E-state index < -0.39 is 34.7 Å². The number of thiophene rings is 1. The fraction of sp³-hybridized carbons (Fsp3) is 0.500. The zero-order chi connectivity index (χ0) is 31.9. The van der Waals surface area contributed by atoms with Crippen LogP contribution in [0.5, 0.6) is 6.01 Å². The highest BCUT2D eigenvalue weighted by atomic mass is 32.1. The molecule has 3 N–H and O–H groups in total. The maximum atomic E-state index is 17.1. The Morgan fingerprint density at radius 3 is 2.89 bits per heavy atom. The summed E-state index contributed by atoms with van der Waals surface area (Å²) in [6, 6.07) is -0.0835. The summed E-state index contributed by atoms with van der Waals surface area (Å²) < 4.78 is 69.9. The number of nitrogens with two attached hydrogens (primary N) is 1. The van der Waals surface area contributed by atoms with Crippen LogP contribution in [0.3, 0.4) is 0 Å². The fourth-order valence-corrected chi connectivity index (χ4v) is 9.11. The molecule has 4 atom stereocenters. The van der Waals surface area contributed by atoms with Crippen molar-refractivity contribution in [1.29, 1.82) is 0 Å². The molecule has 7 heterocycles. The van der Waals surface area contributed by atoms with Gasteiger partial charge in [-0.3, -0.25) is 14.9 Å². The molecule has 0 amide bonds. The van der Waals surface area contributed by atoms with Gasteiger partial charge in [0, 0.05) is 68.4 Å². The first kappa shape index (κ1) is 29.8. The Kier molecular flexibility index (Phi) is 7.11. The molecule has 0 bridgehead atoms. The number of aromatic nitrogens is 3. The molecular weight excluding hydrogens is 620 g/mol. The van der Waals surface area contributed by atoms with E-state index in [-0.39, 0.29) is 56.4 Å². The van der Waals surface area contributed by atoms with Crippen molar-refractivity contribution in [2.24, 2.45) is 10.9 Å². The van der Waals surface area contributed by atoms with Gasteiger partial charge in [-0.05, 0) is 31.7 Å². The van der Waals surface area contributed by atoms with Gasteiger partial charge in [-0.25, -0.2) is 17.6 Å². The van der Waals surface area contributed by atoms with Crippen molar-refractivity contribution in [3.05, 3.63) is 34.8 Å². The number of nitrogen functional groups attached to an aromatic ring is 1. The topological polar surface area (TPSA) is 105 Å². The van der Waals surface area contributed by atoms with Gasteiger partial charge < -0.3 is 20.7 Å². The molecule has 0 radical (unpaired) electrons. The highest BCUT2D eigenvalue weighted by Crippen LogP contribution is 2.47. The second-order valence-corrected chi connectivity index (χ2v) is 14.0. The van der Waals surface area contributed by atoms with Gasteiger partial charge in [0.15, 0.2) is 11.6 Å². The third-order valence-corrected chi connectivity index (χ3v) is 11.3. The van der Waals surface area contributed by atoms with E-state index in [4.69, 9.17) is 15.5 Å². The van der Waals surface area contributed by atoms with Gasteiger partial charge in [-0.1, -0.05) is 6.92 Å². The lowest BCUT2D eigenvalue weighted by molar-refractivity contribution is 0.107. The lowest BCUT2D eigenvalue weighted by atomic mass is 9.90. The Morgan fingerprint density at radius 2 is 2.07 bits per heavy atom. The van der Waals surface area contributed by atoms with Gasteiger partial charge in [0.1, 0.15) is 29.9 Å². The van der Waals surface area contributed by atoms with Crippen molar-refractivity contribution < 1.29 is 22.3 Å². The van der Waals surface area contributed by atoms with Crippen LogP contribution in [0.2, 0.25) is 0 Å². The molecule has 4 aromatic rings. The number of halogens is 4. The number of piperazine rings is 1. The van der Waals surface area contributed by atoms with E-state index >= 15 is 13.2 Å². The average molecular weight is 655 g/mol. The summed E-state index contributed by atoms with van der Waals surface area (Å²) >= 11 is 0.975. The molecular formula is C32H34F4N8OS. The van der Waals surface area contributed by atoms with E-state index in [1.54, 1.807) is 0 Å². The van der Waals surface area contributed by atoms with Gasteiger partial charge in [0.2, 0.25) is 0 Å². The standard InChI is InChI=1S/C32H34F4N8OS/c1-15-8-17-22-27(25(36)23(24(17)35)26-21-18(10-38-2)29(37)46-28(21)19(34)11-40-26)41-31(42-30(22)44-7-5-39-12-20(15)44)45-14-32-4-3-6-43(32)13-16(33)9-32/h10-11,15-16,20,39H,3-9,12-14,37H2,1-2H3/t15-,16+,20+,32?/m0/s1. The third-order valence-electron chi connectivity index (χ3n) is 10.3. The highest BCUT2D eigenvalue weighted by Gasteiger charge is 2.49. The maximum Gasteiger partial charge on any atom is 0.319 e. The largest absolute Gasteiger partial charge is 0.461 e. The van der Waals surface area contributed by atoms with E-state index in [1.165, 1.54) is 13.3 Å². The Hall–Kier alpha value is -3.62. The molecule has 8 rings (SSSR count). The van der Waals surface area contributed by atoms with Crippen LogP contribution in [0, 0.1) is 23.4 Å². The van der Waals surface area contributed by atoms with E-state index in [9.17, 15) is 4.39 Å². The SMILES string of the molecule is CN=Cc1c(N)sc2c(F)cnc(-c3c(F)c4c5c(nc(OCC67CCCN6C[C@H](F)C7)nc5c3F)N3CCNC[C@@H]3[C@@H](C)C4)c12. The smallest absolute Gasteiger partial charge is 0.319 e. The van der Waals surface area contributed by atoms with Gasteiger partial charge >= 0.3 is 6.01 Å². The molecule has 0 aliphatic carbocycles. The lowest BCUT2D eigenvalue weighted by Gasteiger charge is -2.39. The molecule has 3 aromatic heterocycles. The third kappa shape index (κ3) is 4.39. The van der Waals surface area contributed by atoms with Crippen LogP contribution >= 0.6 is 11.3 Å². The predicted molar refractivity (Wildman–Crippen MR) is 171 cm³/mol. The number of ether oxygens (including phenoxy) is 1. The van der Waals surface area contributed by atoms with Crippen LogP contribution in [0.4, 0.5) is 28.4 Å². The highest BCUT2D eigenvalue weighted by molar-refractivity contribution is 7.23. The number of fused-ring (bicyclic) bond motifs is 4.